The van der Waals surface area contributed by atoms with Gasteiger partial charge in [0, 0.05) is 36.1 Å². The summed E-state index contributed by atoms with van der Waals surface area (Å²) < 4.78 is 7.91. The Hall–Kier alpha value is -3.29. The number of carbonyl (C=O) groups excluding carboxylic acids is 1. The molecule has 0 amide bonds. The van der Waals surface area contributed by atoms with Crippen molar-refractivity contribution in [3.8, 4) is 0 Å². The van der Waals surface area contributed by atoms with E-state index in [1.54, 1.807) is 4.52 Å². The molecular weight excluding hydrogens is 442 g/mol. The first-order valence-electron chi connectivity index (χ1n) is 12.6. The van der Waals surface area contributed by atoms with Crippen LogP contribution in [0.4, 0.5) is 0 Å². The highest BCUT2D eigenvalue weighted by Crippen LogP contribution is 2.45. The molecule has 35 heavy (non-hydrogen) atoms. The highest BCUT2D eigenvalue weighted by molar-refractivity contribution is 5.90. The molecule has 3 aromatic rings. The van der Waals surface area contributed by atoms with Gasteiger partial charge < -0.3 is 9.84 Å². The van der Waals surface area contributed by atoms with Crippen LogP contribution in [0.2, 0.25) is 0 Å². The van der Waals surface area contributed by atoms with E-state index in [-0.39, 0.29) is 23.7 Å². The summed E-state index contributed by atoms with van der Waals surface area (Å²) in [4.78, 5) is 26.7. The number of hydrogen-bond acceptors (Lipinski definition) is 7. The predicted octanol–water partition coefficient (Wildman–Crippen LogP) is 4.56. The van der Waals surface area contributed by atoms with Crippen LogP contribution in [0.1, 0.15) is 73.9 Å². The number of fused-ring (bicyclic) bond motifs is 1. The van der Waals surface area contributed by atoms with E-state index in [1.807, 2.05) is 32.2 Å². The summed E-state index contributed by atoms with van der Waals surface area (Å²) in [5, 5.41) is 15.6. The van der Waals surface area contributed by atoms with Crippen LogP contribution in [0, 0.1) is 19.8 Å². The number of rotatable bonds is 7. The summed E-state index contributed by atoms with van der Waals surface area (Å²) in [6, 6.07) is 6.09. The van der Waals surface area contributed by atoms with Crippen molar-refractivity contribution < 1.29 is 14.6 Å². The van der Waals surface area contributed by atoms with Gasteiger partial charge in [0.15, 0.2) is 5.82 Å². The number of cyclic esters (lactones) is 1. The Balaban J connectivity index is 1.40. The molecule has 1 N–H and O–H groups in total. The SMILES string of the molecule is CCc1ccnc(CCC2(C3CCCC3)CC(O)=C(Cc3nc4nc(C)cc(C)n4n3)C(=O)O2)c1. The number of aromatic nitrogens is 5. The molecule has 1 unspecified atom stereocenters. The first-order chi connectivity index (χ1) is 16.9. The zero-order valence-electron chi connectivity index (χ0n) is 20.8. The number of esters is 1. The van der Waals surface area contributed by atoms with Gasteiger partial charge in [-0.05, 0) is 75.6 Å². The van der Waals surface area contributed by atoms with Gasteiger partial charge in [0.05, 0.1) is 5.57 Å². The van der Waals surface area contributed by atoms with E-state index >= 15 is 0 Å². The minimum absolute atomic E-state index is 0.100. The maximum absolute atomic E-state index is 13.3. The fraction of sp³-hybridized carbons (Fsp3) is 0.519. The fourth-order valence-electron chi connectivity index (χ4n) is 5.65. The van der Waals surface area contributed by atoms with E-state index < -0.39 is 11.6 Å². The van der Waals surface area contributed by atoms with Gasteiger partial charge in [-0.3, -0.25) is 4.98 Å². The van der Waals surface area contributed by atoms with Gasteiger partial charge in [0.2, 0.25) is 0 Å². The number of aliphatic hydroxyl groups is 1. The van der Waals surface area contributed by atoms with Crippen molar-refractivity contribution in [2.45, 2.75) is 84.2 Å². The predicted molar refractivity (Wildman–Crippen MR) is 131 cm³/mol. The molecule has 8 heteroatoms. The van der Waals surface area contributed by atoms with Crippen molar-refractivity contribution >= 4 is 11.7 Å². The van der Waals surface area contributed by atoms with E-state index in [2.05, 4.69) is 33.0 Å². The first-order valence-corrected chi connectivity index (χ1v) is 12.6. The number of hydrogen-bond donors (Lipinski definition) is 1. The van der Waals surface area contributed by atoms with E-state index in [0.717, 1.165) is 49.2 Å². The second-order valence-corrected chi connectivity index (χ2v) is 10.0. The van der Waals surface area contributed by atoms with Crippen LogP contribution in [0.3, 0.4) is 0 Å². The van der Waals surface area contributed by atoms with Crippen LogP contribution in [-0.2, 0) is 28.8 Å². The summed E-state index contributed by atoms with van der Waals surface area (Å²) in [6.45, 7) is 5.97. The van der Waals surface area contributed by atoms with Crippen molar-refractivity contribution in [3.05, 3.63) is 64.2 Å². The molecule has 5 rings (SSSR count). The van der Waals surface area contributed by atoms with Crippen molar-refractivity contribution in [2.75, 3.05) is 0 Å². The Morgan fingerprint density at radius 2 is 2.00 bits per heavy atom. The largest absolute Gasteiger partial charge is 0.512 e. The van der Waals surface area contributed by atoms with E-state index in [9.17, 15) is 9.90 Å². The Morgan fingerprint density at radius 3 is 2.74 bits per heavy atom. The molecule has 1 aliphatic heterocycles. The van der Waals surface area contributed by atoms with Gasteiger partial charge in [-0.25, -0.2) is 14.3 Å². The Morgan fingerprint density at radius 1 is 1.20 bits per heavy atom. The molecule has 0 aromatic carbocycles. The molecule has 0 spiro atoms. The summed E-state index contributed by atoms with van der Waals surface area (Å²) in [6.07, 6.45) is 8.88. The average molecular weight is 476 g/mol. The maximum atomic E-state index is 13.3. The molecule has 1 saturated carbocycles. The zero-order chi connectivity index (χ0) is 24.6. The lowest BCUT2D eigenvalue weighted by Gasteiger charge is -2.41. The number of aryl methyl sites for hydroxylation is 4. The molecule has 184 valence electrons. The van der Waals surface area contributed by atoms with Crippen LogP contribution in [0.5, 0.6) is 0 Å². The van der Waals surface area contributed by atoms with E-state index in [0.29, 0.717) is 30.9 Å². The van der Waals surface area contributed by atoms with Crippen molar-refractivity contribution in [3.63, 3.8) is 0 Å². The number of carbonyl (C=O) groups is 1. The maximum Gasteiger partial charge on any atom is 0.338 e. The van der Waals surface area contributed by atoms with Gasteiger partial charge in [-0.2, -0.15) is 4.98 Å². The quantitative estimate of drug-likeness (QED) is 0.500. The average Bonchev–Trinajstić information content (AvgIpc) is 3.51. The molecule has 4 heterocycles. The lowest BCUT2D eigenvalue weighted by Crippen LogP contribution is -2.46. The third kappa shape index (κ3) is 4.66. The lowest BCUT2D eigenvalue weighted by atomic mass is 9.76. The normalized spacial score (nSPS) is 21.2. The highest BCUT2D eigenvalue weighted by atomic mass is 16.6. The summed E-state index contributed by atoms with van der Waals surface area (Å²) in [5.41, 5.74) is 3.56. The monoisotopic (exact) mass is 475 g/mol. The van der Waals surface area contributed by atoms with Crippen LogP contribution >= 0.6 is 0 Å². The molecule has 2 aliphatic rings. The second-order valence-electron chi connectivity index (χ2n) is 10.0. The van der Waals surface area contributed by atoms with E-state index in [1.165, 1.54) is 5.56 Å². The second kappa shape index (κ2) is 9.40. The summed E-state index contributed by atoms with van der Waals surface area (Å²) in [7, 11) is 0. The van der Waals surface area contributed by atoms with E-state index in [4.69, 9.17) is 4.74 Å². The molecule has 0 radical (unpaired) electrons. The Kier molecular flexibility index (Phi) is 6.30. The molecule has 1 fully saturated rings. The van der Waals surface area contributed by atoms with Crippen LogP contribution < -0.4 is 0 Å². The smallest absolute Gasteiger partial charge is 0.338 e. The summed E-state index contributed by atoms with van der Waals surface area (Å²) in [5.74, 6) is 0.814. The highest BCUT2D eigenvalue weighted by Gasteiger charge is 2.48. The third-order valence-electron chi connectivity index (χ3n) is 7.55. The van der Waals surface area contributed by atoms with Gasteiger partial charge >= 0.3 is 5.97 Å². The molecule has 1 atom stereocenters. The molecule has 0 saturated heterocycles. The number of nitrogens with zero attached hydrogens (tertiary/aromatic N) is 5. The number of ether oxygens (including phenoxy) is 1. The Labute approximate surface area is 205 Å². The zero-order valence-corrected chi connectivity index (χ0v) is 20.8. The molecule has 8 nitrogen and oxygen atoms in total. The topological polar surface area (TPSA) is 103 Å². The Bertz CT molecular complexity index is 1290. The van der Waals surface area contributed by atoms with Crippen molar-refractivity contribution in [1.29, 1.82) is 0 Å². The van der Waals surface area contributed by atoms with Crippen LogP contribution in [0.25, 0.3) is 5.78 Å². The van der Waals surface area contributed by atoms with Gasteiger partial charge in [0.25, 0.3) is 5.78 Å². The minimum atomic E-state index is -0.702. The van der Waals surface area contributed by atoms with Gasteiger partial charge in [-0.1, -0.05) is 19.8 Å². The van der Waals surface area contributed by atoms with Crippen molar-refractivity contribution in [2.24, 2.45) is 5.92 Å². The van der Waals surface area contributed by atoms with Crippen LogP contribution in [-0.4, -0.2) is 41.2 Å². The molecule has 3 aromatic heterocycles. The molecule has 0 bridgehead atoms. The third-order valence-corrected chi connectivity index (χ3v) is 7.55. The van der Waals surface area contributed by atoms with Crippen molar-refractivity contribution in [1.82, 2.24) is 24.6 Å². The number of aliphatic hydroxyl groups excluding tert-OH is 1. The first kappa shape index (κ1) is 23.5. The standard InChI is InChI=1S/C27H33N5O3/c1-4-19-10-12-28-21(14-19)9-11-27(20-7-5-6-8-20)16-23(33)22(25(34)35-27)15-24-30-26-29-17(2)13-18(3)32(26)31-24/h10,12-14,20,33H,4-9,11,15-16H2,1-3H3. The molecular formula is C27H33N5O3. The van der Waals surface area contributed by atoms with Gasteiger partial charge in [0.1, 0.15) is 11.4 Å². The minimum Gasteiger partial charge on any atom is -0.512 e. The fourth-order valence-corrected chi connectivity index (χ4v) is 5.65. The van der Waals surface area contributed by atoms with Crippen LogP contribution in [0.15, 0.2) is 35.7 Å². The van der Waals surface area contributed by atoms with Gasteiger partial charge in [-0.15, -0.1) is 5.10 Å². The molecule has 1 aliphatic carbocycles. The lowest BCUT2D eigenvalue weighted by molar-refractivity contribution is -0.167. The number of pyridine rings is 1. The summed E-state index contributed by atoms with van der Waals surface area (Å²) >= 11 is 0.